The third-order valence-electron chi connectivity index (χ3n) is 1.06. The van der Waals surface area contributed by atoms with Gasteiger partial charge in [0.15, 0.2) is 0 Å². The quantitative estimate of drug-likeness (QED) is 0.396. The average molecular weight is 168 g/mol. The number of hydrogen-bond donors (Lipinski definition) is 3. The highest BCUT2D eigenvalue weighted by atomic mass is 19.4. The number of alkyl halides is 3. The van der Waals surface area contributed by atoms with E-state index in [9.17, 15) is 18.0 Å². The predicted octanol–water partition coefficient (Wildman–Crippen LogP) is -1.70. The van der Waals surface area contributed by atoms with E-state index in [1.807, 2.05) is 10.3 Å². The van der Waals surface area contributed by atoms with Crippen molar-refractivity contribution in [1.82, 2.24) is 10.6 Å². The Morgan fingerprint density at radius 1 is 1.55 bits per heavy atom. The normalized spacial score (nSPS) is 24.3. The Bertz CT molecular complexity index is 199. The molecule has 3 N–H and O–H groups in total. The van der Waals surface area contributed by atoms with Crippen LogP contribution >= 0.6 is 0 Å². The lowest BCUT2D eigenvalue weighted by atomic mass is 10.5. The number of carbonyl (C=O) groups is 1. The molecule has 0 saturated carbocycles. The molecule has 0 spiro atoms. The Morgan fingerprint density at radius 2 is 2.18 bits per heavy atom. The van der Waals surface area contributed by atoms with Crippen LogP contribution in [-0.4, -0.2) is 24.7 Å². The number of rotatable bonds is 0. The second-order valence-corrected chi connectivity index (χ2v) is 1.90. The summed E-state index contributed by atoms with van der Waals surface area (Å²) >= 11 is 0. The van der Waals surface area contributed by atoms with E-state index in [4.69, 9.17) is 0 Å². The van der Waals surface area contributed by atoms with Crippen molar-refractivity contribution in [3.63, 3.8) is 0 Å². The Morgan fingerprint density at radius 3 is 2.55 bits per heavy atom. The Labute approximate surface area is 59.5 Å². The zero-order chi connectivity index (χ0) is 8.48. The maximum atomic E-state index is 11.8. The topological polar surface area (TPSA) is 55.1 Å². The average Bonchev–Trinajstić information content (AvgIpc) is 1.86. The zero-order valence-electron chi connectivity index (χ0n) is 5.20. The number of carbonyl (C=O) groups excluding carboxylic acids is 1. The van der Waals surface area contributed by atoms with Gasteiger partial charge in [0.1, 0.15) is 0 Å². The number of nitrogens with one attached hydrogen (secondary N) is 3. The Kier molecular flexibility index (Phi) is 1.71. The minimum Gasteiger partial charge on any atom is -0.271 e. The molecule has 0 bridgehead atoms. The van der Waals surface area contributed by atoms with Gasteiger partial charge in [-0.2, -0.15) is 18.5 Å². The molecule has 62 valence electrons. The molecule has 0 saturated heterocycles. The Hall–Kier alpha value is -1.27. The lowest BCUT2D eigenvalue weighted by Gasteiger charge is -2.16. The lowest BCUT2D eigenvalue weighted by Crippen LogP contribution is -2.90. The first-order chi connectivity index (χ1) is 5.00. The molecule has 1 aliphatic rings. The van der Waals surface area contributed by atoms with Crippen molar-refractivity contribution in [2.24, 2.45) is 0 Å². The molecule has 0 radical (unpaired) electrons. The number of amides is 2. The second kappa shape index (κ2) is 2.40. The van der Waals surface area contributed by atoms with Gasteiger partial charge in [-0.05, 0) is 0 Å². The van der Waals surface area contributed by atoms with E-state index < -0.39 is 18.4 Å². The largest absolute Gasteiger partial charge is 0.449 e. The van der Waals surface area contributed by atoms with Crippen LogP contribution in [0.4, 0.5) is 18.0 Å². The van der Waals surface area contributed by atoms with Crippen LogP contribution in [0.15, 0.2) is 0 Å². The van der Waals surface area contributed by atoms with E-state index >= 15 is 0 Å². The predicted molar refractivity (Wildman–Crippen MR) is 28.5 cm³/mol. The monoisotopic (exact) mass is 168 g/mol. The lowest BCUT2D eigenvalue weighted by molar-refractivity contribution is -0.553. The van der Waals surface area contributed by atoms with Crippen LogP contribution in [0, 0.1) is 0 Å². The molecule has 1 heterocycles. The van der Waals surface area contributed by atoms with Crippen molar-refractivity contribution in [1.29, 1.82) is 0 Å². The second-order valence-electron chi connectivity index (χ2n) is 1.90. The SMILES string of the molecule is O=C1NC=[NH+]C(C(F)(F)F)N1. The van der Waals surface area contributed by atoms with Crippen molar-refractivity contribution in [3.05, 3.63) is 0 Å². The summed E-state index contributed by atoms with van der Waals surface area (Å²) in [5, 5.41) is 3.64. The van der Waals surface area contributed by atoms with Gasteiger partial charge in [0.2, 0.25) is 6.34 Å². The number of hydrogen-bond acceptors (Lipinski definition) is 1. The first kappa shape index (κ1) is 7.83. The molecule has 0 aromatic heterocycles. The summed E-state index contributed by atoms with van der Waals surface area (Å²) < 4.78 is 35.4. The van der Waals surface area contributed by atoms with Crippen LogP contribution in [0.5, 0.6) is 0 Å². The van der Waals surface area contributed by atoms with E-state index in [0.29, 0.717) is 0 Å². The van der Waals surface area contributed by atoms with Gasteiger partial charge in [-0.25, -0.2) is 4.79 Å². The minimum absolute atomic E-state index is 0.844. The van der Waals surface area contributed by atoms with Crippen LogP contribution in [0.25, 0.3) is 0 Å². The smallest absolute Gasteiger partial charge is 0.271 e. The van der Waals surface area contributed by atoms with Crippen molar-refractivity contribution >= 4 is 12.4 Å². The maximum Gasteiger partial charge on any atom is 0.449 e. The van der Waals surface area contributed by atoms with Gasteiger partial charge in [-0.1, -0.05) is 0 Å². The van der Waals surface area contributed by atoms with Crippen molar-refractivity contribution in [3.8, 4) is 0 Å². The van der Waals surface area contributed by atoms with Gasteiger partial charge in [0.25, 0.3) is 6.17 Å². The fourth-order valence-corrected chi connectivity index (χ4v) is 0.581. The fraction of sp³-hybridized carbons (Fsp3) is 0.500. The summed E-state index contributed by atoms with van der Waals surface area (Å²) in [6.07, 6.45) is -5.61. The van der Waals surface area contributed by atoms with Gasteiger partial charge >= 0.3 is 12.2 Å². The Balaban J connectivity index is 2.68. The van der Waals surface area contributed by atoms with Crippen LogP contribution in [0.3, 0.4) is 0 Å². The van der Waals surface area contributed by atoms with E-state index in [1.54, 1.807) is 5.32 Å². The molecule has 0 aromatic carbocycles. The summed E-state index contributed by atoms with van der Waals surface area (Å²) in [4.78, 5) is 12.2. The molecule has 1 aliphatic heterocycles. The summed E-state index contributed by atoms with van der Waals surface area (Å²) in [7, 11) is 0. The minimum atomic E-state index is -4.46. The van der Waals surface area contributed by atoms with E-state index in [1.165, 1.54) is 0 Å². The first-order valence-electron chi connectivity index (χ1n) is 2.71. The van der Waals surface area contributed by atoms with Gasteiger partial charge in [-0.3, -0.25) is 10.3 Å². The van der Waals surface area contributed by atoms with Crippen LogP contribution in [0.2, 0.25) is 0 Å². The molecular formula is C4H5F3N3O+. The summed E-state index contributed by atoms with van der Waals surface area (Å²) in [5.74, 6) is 0. The van der Waals surface area contributed by atoms with E-state index in [-0.39, 0.29) is 0 Å². The molecule has 0 fully saturated rings. The molecule has 1 rings (SSSR count). The highest BCUT2D eigenvalue weighted by Gasteiger charge is 2.44. The number of urea groups is 1. The highest BCUT2D eigenvalue weighted by molar-refractivity contribution is 5.85. The van der Waals surface area contributed by atoms with Gasteiger partial charge in [-0.15, -0.1) is 0 Å². The summed E-state index contributed by atoms with van der Waals surface area (Å²) in [6.45, 7) is 0. The molecule has 1 unspecified atom stereocenters. The summed E-state index contributed by atoms with van der Waals surface area (Å²) in [5.41, 5.74) is 0. The van der Waals surface area contributed by atoms with Crippen LogP contribution in [-0.2, 0) is 0 Å². The molecule has 7 heteroatoms. The third kappa shape index (κ3) is 1.82. The zero-order valence-corrected chi connectivity index (χ0v) is 5.20. The van der Waals surface area contributed by atoms with E-state index in [2.05, 4.69) is 0 Å². The van der Waals surface area contributed by atoms with Crippen molar-refractivity contribution < 1.29 is 23.0 Å². The fourth-order valence-electron chi connectivity index (χ4n) is 0.581. The molecule has 4 nitrogen and oxygen atoms in total. The van der Waals surface area contributed by atoms with Crippen molar-refractivity contribution in [2.45, 2.75) is 12.3 Å². The van der Waals surface area contributed by atoms with E-state index in [0.717, 1.165) is 6.34 Å². The van der Waals surface area contributed by atoms with Crippen molar-refractivity contribution in [2.75, 3.05) is 0 Å². The van der Waals surface area contributed by atoms with Crippen LogP contribution in [0.1, 0.15) is 0 Å². The summed E-state index contributed by atoms with van der Waals surface area (Å²) in [6, 6.07) is -0.869. The maximum absolute atomic E-state index is 11.8. The molecule has 2 amide bonds. The molecule has 0 aliphatic carbocycles. The van der Waals surface area contributed by atoms with Gasteiger partial charge in [0, 0.05) is 0 Å². The molecule has 11 heavy (non-hydrogen) atoms. The third-order valence-corrected chi connectivity index (χ3v) is 1.06. The molecule has 1 atom stereocenters. The molecular weight excluding hydrogens is 163 g/mol. The molecule has 0 aromatic rings. The number of halogens is 3. The standard InChI is InChI=1S/C4H4F3N3O/c5-4(6,7)2-8-1-9-3(11)10-2/h1-2H,(H2,8,9,10,11)/p+1. The van der Waals surface area contributed by atoms with Gasteiger partial charge < -0.3 is 0 Å². The highest BCUT2D eigenvalue weighted by Crippen LogP contribution is 2.15. The van der Waals surface area contributed by atoms with Gasteiger partial charge in [0.05, 0.1) is 0 Å². The van der Waals surface area contributed by atoms with Crippen LogP contribution < -0.4 is 15.6 Å². The first-order valence-corrected chi connectivity index (χ1v) is 2.71.